The quantitative estimate of drug-likeness (QED) is 0.823. The SMILES string of the molecule is CCCc1ccccc1NC(=O)COC(C)C. The fraction of sp³-hybridized carbons (Fsp3) is 0.500. The summed E-state index contributed by atoms with van der Waals surface area (Å²) in [4.78, 5) is 11.6. The molecular formula is C14H21NO2. The molecule has 1 aromatic carbocycles. The number of benzene rings is 1. The third-order valence-corrected chi connectivity index (χ3v) is 2.36. The second kappa shape index (κ2) is 7.07. The maximum atomic E-state index is 11.6. The smallest absolute Gasteiger partial charge is 0.250 e. The van der Waals surface area contributed by atoms with Crippen LogP contribution in [0, 0.1) is 0 Å². The van der Waals surface area contributed by atoms with Gasteiger partial charge in [0.05, 0.1) is 6.10 Å². The molecule has 0 bridgehead atoms. The summed E-state index contributed by atoms with van der Waals surface area (Å²) in [5.74, 6) is -0.0951. The van der Waals surface area contributed by atoms with Gasteiger partial charge in [0.25, 0.3) is 0 Å². The molecule has 1 amide bonds. The maximum Gasteiger partial charge on any atom is 0.250 e. The van der Waals surface area contributed by atoms with E-state index in [-0.39, 0.29) is 18.6 Å². The van der Waals surface area contributed by atoms with Crippen LogP contribution in [0.4, 0.5) is 5.69 Å². The van der Waals surface area contributed by atoms with Gasteiger partial charge >= 0.3 is 0 Å². The van der Waals surface area contributed by atoms with Crippen molar-refractivity contribution in [1.82, 2.24) is 0 Å². The van der Waals surface area contributed by atoms with E-state index in [1.54, 1.807) is 0 Å². The summed E-state index contributed by atoms with van der Waals surface area (Å²) in [6, 6.07) is 7.89. The second-order valence-corrected chi connectivity index (χ2v) is 4.32. The number of rotatable bonds is 6. The summed E-state index contributed by atoms with van der Waals surface area (Å²) in [6.45, 7) is 6.06. The highest BCUT2D eigenvalue weighted by molar-refractivity contribution is 5.92. The minimum absolute atomic E-state index is 0.0756. The van der Waals surface area contributed by atoms with E-state index in [2.05, 4.69) is 12.2 Å². The number of anilines is 1. The van der Waals surface area contributed by atoms with Gasteiger partial charge in [0.1, 0.15) is 6.61 Å². The van der Waals surface area contributed by atoms with Crippen molar-refractivity contribution in [2.45, 2.75) is 39.7 Å². The Morgan fingerprint density at radius 1 is 1.35 bits per heavy atom. The van der Waals surface area contributed by atoms with Gasteiger partial charge in [-0.05, 0) is 31.9 Å². The average molecular weight is 235 g/mol. The summed E-state index contributed by atoms with van der Waals surface area (Å²) in [5, 5.41) is 2.89. The number of aryl methyl sites for hydroxylation is 1. The third kappa shape index (κ3) is 5.00. The van der Waals surface area contributed by atoms with E-state index in [4.69, 9.17) is 4.74 Å². The molecule has 0 spiro atoms. The Morgan fingerprint density at radius 2 is 2.06 bits per heavy atom. The number of para-hydroxylation sites is 1. The van der Waals surface area contributed by atoms with Crippen LogP contribution in [0.1, 0.15) is 32.8 Å². The molecule has 0 aliphatic carbocycles. The summed E-state index contributed by atoms with van der Waals surface area (Å²) in [7, 11) is 0. The molecule has 0 aliphatic heterocycles. The zero-order chi connectivity index (χ0) is 12.7. The molecule has 1 rings (SSSR count). The van der Waals surface area contributed by atoms with Crippen LogP contribution in [-0.2, 0) is 16.0 Å². The first-order valence-corrected chi connectivity index (χ1v) is 6.12. The summed E-state index contributed by atoms with van der Waals surface area (Å²) in [5.41, 5.74) is 2.07. The van der Waals surface area contributed by atoms with Crippen LogP contribution in [-0.4, -0.2) is 18.6 Å². The van der Waals surface area contributed by atoms with Crippen molar-refractivity contribution in [3.05, 3.63) is 29.8 Å². The Bertz CT molecular complexity index is 361. The summed E-state index contributed by atoms with van der Waals surface area (Å²) >= 11 is 0. The van der Waals surface area contributed by atoms with E-state index in [9.17, 15) is 4.79 Å². The molecule has 1 N–H and O–H groups in total. The Hall–Kier alpha value is -1.35. The number of hydrogen-bond donors (Lipinski definition) is 1. The second-order valence-electron chi connectivity index (χ2n) is 4.32. The molecule has 0 saturated carbocycles. The minimum atomic E-state index is -0.0951. The van der Waals surface area contributed by atoms with E-state index in [1.807, 2.05) is 38.1 Å². The van der Waals surface area contributed by atoms with Crippen molar-refractivity contribution in [1.29, 1.82) is 0 Å². The van der Waals surface area contributed by atoms with Crippen LogP contribution in [0.2, 0.25) is 0 Å². The molecule has 0 saturated heterocycles. The minimum Gasteiger partial charge on any atom is -0.369 e. The zero-order valence-corrected chi connectivity index (χ0v) is 10.8. The molecule has 94 valence electrons. The van der Waals surface area contributed by atoms with Gasteiger partial charge in [-0.3, -0.25) is 4.79 Å². The number of ether oxygens (including phenoxy) is 1. The van der Waals surface area contributed by atoms with Crippen LogP contribution < -0.4 is 5.32 Å². The Morgan fingerprint density at radius 3 is 2.71 bits per heavy atom. The number of carbonyl (C=O) groups is 1. The first-order chi connectivity index (χ1) is 8.13. The molecule has 0 unspecified atom stereocenters. The van der Waals surface area contributed by atoms with Gasteiger partial charge in [0.15, 0.2) is 0 Å². The van der Waals surface area contributed by atoms with E-state index in [0.717, 1.165) is 18.5 Å². The Kier molecular flexibility index (Phi) is 5.70. The van der Waals surface area contributed by atoms with Gasteiger partial charge in [-0.15, -0.1) is 0 Å². The molecule has 0 aliphatic rings. The van der Waals surface area contributed by atoms with Crippen molar-refractivity contribution in [3.8, 4) is 0 Å². The predicted octanol–water partition coefficient (Wildman–Crippen LogP) is 3.00. The lowest BCUT2D eigenvalue weighted by molar-refractivity contribution is -0.121. The van der Waals surface area contributed by atoms with Crippen LogP contribution in [0.25, 0.3) is 0 Å². The van der Waals surface area contributed by atoms with Crippen LogP contribution >= 0.6 is 0 Å². The number of carbonyl (C=O) groups excluding carboxylic acids is 1. The molecule has 0 fully saturated rings. The molecule has 3 nitrogen and oxygen atoms in total. The molecule has 0 aromatic heterocycles. The van der Waals surface area contributed by atoms with Crippen molar-refractivity contribution in [3.63, 3.8) is 0 Å². The summed E-state index contributed by atoms with van der Waals surface area (Å²) < 4.78 is 5.26. The first kappa shape index (κ1) is 13.7. The molecule has 0 heterocycles. The third-order valence-electron chi connectivity index (χ3n) is 2.36. The van der Waals surface area contributed by atoms with Gasteiger partial charge < -0.3 is 10.1 Å². The fourth-order valence-electron chi connectivity index (χ4n) is 1.56. The molecular weight excluding hydrogens is 214 g/mol. The molecule has 0 radical (unpaired) electrons. The number of amides is 1. The molecule has 0 atom stereocenters. The van der Waals surface area contributed by atoms with Crippen molar-refractivity contribution in [2.75, 3.05) is 11.9 Å². The Labute approximate surface area is 103 Å². The normalized spacial score (nSPS) is 10.6. The van der Waals surface area contributed by atoms with Gasteiger partial charge in [0.2, 0.25) is 5.91 Å². The summed E-state index contributed by atoms with van der Waals surface area (Å²) in [6.07, 6.45) is 2.11. The molecule has 1 aromatic rings. The highest BCUT2D eigenvalue weighted by Crippen LogP contribution is 2.16. The van der Waals surface area contributed by atoms with Gasteiger partial charge in [-0.1, -0.05) is 31.5 Å². The van der Waals surface area contributed by atoms with Gasteiger partial charge in [0, 0.05) is 5.69 Å². The van der Waals surface area contributed by atoms with Crippen molar-refractivity contribution < 1.29 is 9.53 Å². The lowest BCUT2D eigenvalue weighted by Gasteiger charge is -2.11. The van der Waals surface area contributed by atoms with E-state index < -0.39 is 0 Å². The first-order valence-electron chi connectivity index (χ1n) is 6.12. The lowest BCUT2D eigenvalue weighted by Crippen LogP contribution is -2.21. The van der Waals surface area contributed by atoms with Crippen molar-refractivity contribution >= 4 is 11.6 Å². The van der Waals surface area contributed by atoms with E-state index >= 15 is 0 Å². The molecule has 3 heteroatoms. The largest absolute Gasteiger partial charge is 0.369 e. The molecule has 17 heavy (non-hydrogen) atoms. The number of hydrogen-bond acceptors (Lipinski definition) is 2. The average Bonchev–Trinajstić information content (AvgIpc) is 2.29. The lowest BCUT2D eigenvalue weighted by atomic mass is 10.1. The van der Waals surface area contributed by atoms with E-state index in [1.165, 1.54) is 5.56 Å². The van der Waals surface area contributed by atoms with Crippen LogP contribution in [0.3, 0.4) is 0 Å². The topological polar surface area (TPSA) is 38.3 Å². The van der Waals surface area contributed by atoms with E-state index in [0.29, 0.717) is 0 Å². The van der Waals surface area contributed by atoms with Crippen molar-refractivity contribution in [2.24, 2.45) is 0 Å². The maximum absolute atomic E-state index is 11.6. The standard InChI is InChI=1S/C14H21NO2/c1-4-7-12-8-5-6-9-13(12)15-14(16)10-17-11(2)3/h5-6,8-9,11H,4,7,10H2,1-3H3,(H,15,16). The number of nitrogens with one attached hydrogen (secondary N) is 1. The highest BCUT2D eigenvalue weighted by atomic mass is 16.5. The highest BCUT2D eigenvalue weighted by Gasteiger charge is 2.06. The Balaban J connectivity index is 2.58. The van der Waals surface area contributed by atoms with Crippen LogP contribution in [0.5, 0.6) is 0 Å². The monoisotopic (exact) mass is 235 g/mol. The van der Waals surface area contributed by atoms with Crippen LogP contribution in [0.15, 0.2) is 24.3 Å². The zero-order valence-electron chi connectivity index (χ0n) is 10.8. The fourth-order valence-corrected chi connectivity index (χ4v) is 1.56. The van der Waals surface area contributed by atoms with Gasteiger partial charge in [-0.25, -0.2) is 0 Å². The predicted molar refractivity (Wildman–Crippen MR) is 70.2 cm³/mol. The van der Waals surface area contributed by atoms with Gasteiger partial charge in [-0.2, -0.15) is 0 Å².